The Balaban J connectivity index is 2.52. The summed E-state index contributed by atoms with van der Waals surface area (Å²) in [5.74, 6) is 1.10. The Morgan fingerprint density at radius 2 is 1.95 bits per heavy atom. The second-order valence-corrected chi connectivity index (χ2v) is 4.03. The van der Waals surface area contributed by atoms with Gasteiger partial charge in [-0.1, -0.05) is 0 Å². The molecule has 0 saturated carbocycles. The Morgan fingerprint density at radius 1 is 1.32 bits per heavy atom. The van der Waals surface area contributed by atoms with Crippen LogP contribution < -0.4 is 20.9 Å². The van der Waals surface area contributed by atoms with Crippen LogP contribution in [-0.2, 0) is 11.3 Å². The molecule has 2 rings (SSSR count). The fraction of sp³-hybridized carbons (Fsp3) is 0.333. The van der Waals surface area contributed by atoms with Crippen molar-refractivity contribution in [3.63, 3.8) is 0 Å². The van der Waals surface area contributed by atoms with Crippen LogP contribution in [0.1, 0.15) is 6.42 Å². The highest BCUT2D eigenvalue weighted by molar-refractivity contribution is 5.83. The highest BCUT2D eigenvalue weighted by Crippen LogP contribution is 2.32. The molecule has 1 heterocycles. The third kappa shape index (κ3) is 2.40. The van der Waals surface area contributed by atoms with Crippen LogP contribution >= 0.6 is 0 Å². The number of imidazole rings is 1. The summed E-state index contributed by atoms with van der Waals surface area (Å²) in [6, 6.07) is 3.52. The molecule has 0 aliphatic carbocycles. The molecule has 1 aromatic carbocycles. The molecule has 1 aromatic heterocycles. The Kier molecular flexibility index (Phi) is 3.46. The minimum absolute atomic E-state index is 0.198. The molecule has 0 spiro atoms. The van der Waals surface area contributed by atoms with E-state index in [9.17, 15) is 4.79 Å². The first kappa shape index (κ1) is 13.0. The number of ether oxygens (including phenoxy) is 2. The number of amides is 1. The van der Waals surface area contributed by atoms with Gasteiger partial charge in [0.25, 0.3) is 0 Å². The van der Waals surface area contributed by atoms with Crippen molar-refractivity contribution >= 4 is 22.9 Å². The Morgan fingerprint density at radius 3 is 2.53 bits per heavy atom. The van der Waals surface area contributed by atoms with E-state index in [2.05, 4.69) is 4.98 Å². The average molecular weight is 264 g/mol. The number of primary amides is 1. The number of methoxy groups -OCH3 is 2. The van der Waals surface area contributed by atoms with Gasteiger partial charge in [-0.05, 0) is 0 Å². The number of nitrogens with zero attached hydrogens (tertiary/aromatic N) is 2. The van der Waals surface area contributed by atoms with Crippen molar-refractivity contribution in [1.82, 2.24) is 9.55 Å². The summed E-state index contributed by atoms with van der Waals surface area (Å²) >= 11 is 0. The summed E-state index contributed by atoms with van der Waals surface area (Å²) in [5, 5.41) is 0. The molecule has 102 valence electrons. The Bertz CT molecular complexity index is 621. The van der Waals surface area contributed by atoms with E-state index in [1.165, 1.54) is 0 Å². The van der Waals surface area contributed by atoms with Crippen LogP contribution in [0, 0.1) is 0 Å². The number of fused-ring (bicyclic) bond motifs is 1. The van der Waals surface area contributed by atoms with Crippen LogP contribution in [0.4, 0.5) is 5.95 Å². The van der Waals surface area contributed by atoms with Crippen molar-refractivity contribution in [2.45, 2.75) is 13.0 Å². The predicted octanol–water partition coefficient (Wildman–Crippen LogP) is 0.511. The van der Waals surface area contributed by atoms with Gasteiger partial charge in [-0.25, -0.2) is 4.98 Å². The zero-order chi connectivity index (χ0) is 14.0. The lowest BCUT2D eigenvalue weighted by Crippen LogP contribution is -2.14. The lowest BCUT2D eigenvalue weighted by molar-refractivity contribution is -0.118. The zero-order valence-electron chi connectivity index (χ0n) is 10.8. The van der Waals surface area contributed by atoms with Crippen LogP contribution in [0.3, 0.4) is 0 Å². The maximum absolute atomic E-state index is 10.9. The van der Waals surface area contributed by atoms with Gasteiger partial charge < -0.3 is 25.5 Å². The van der Waals surface area contributed by atoms with Crippen LogP contribution in [0.2, 0.25) is 0 Å². The van der Waals surface area contributed by atoms with Gasteiger partial charge in [-0.15, -0.1) is 0 Å². The average Bonchev–Trinajstić information content (AvgIpc) is 2.69. The summed E-state index contributed by atoms with van der Waals surface area (Å²) < 4.78 is 12.2. The quantitative estimate of drug-likeness (QED) is 0.818. The van der Waals surface area contributed by atoms with E-state index in [1.54, 1.807) is 30.9 Å². The highest BCUT2D eigenvalue weighted by atomic mass is 16.5. The SMILES string of the molecule is COc1cc2nc(N)n(CCC(N)=O)c2cc1OC. The molecule has 0 atom stereocenters. The molecular weight excluding hydrogens is 248 g/mol. The van der Waals surface area contributed by atoms with E-state index in [-0.39, 0.29) is 12.3 Å². The molecule has 4 N–H and O–H groups in total. The number of carbonyl (C=O) groups excluding carboxylic acids is 1. The van der Waals surface area contributed by atoms with E-state index in [1.807, 2.05) is 0 Å². The second-order valence-electron chi connectivity index (χ2n) is 4.03. The summed E-state index contributed by atoms with van der Waals surface area (Å²) in [6.45, 7) is 0.382. The molecule has 0 aliphatic rings. The molecule has 0 unspecified atom stereocenters. The number of nitrogens with two attached hydrogens (primary N) is 2. The first-order valence-corrected chi connectivity index (χ1v) is 5.73. The number of aryl methyl sites for hydroxylation is 1. The minimum atomic E-state index is -0.387. The van der Waals surface area contributed by atoms with Crippen molar-refractivity contribution in [3.05, 3.63) is 12.1 Å². The molecule has 0 fully saturated rings. The smallest absolute Gasteiger partial charge is 0.219 e. The van der Waals surface area contributed by atoms with Gasteiger partial charge >= 0.3 is 0 Å². The lowest BCUT2D eigenvalue weighted by Gasteiger charge is -2.09. The van der Waals surface area contributed by atoms with Gasteiger partial charge in [0.1, 0.15) is 0 Å². The summed E-state index contributed by atoms with van der Waals surface area (Å²) in [5.41, 5.74) is 12.4. The molecular formula is C12H16N4O3. The molecule has 0 radical (unpaired) electrons. The minimum Gasteiger partial charge on any atom is -0.493 e. The van der Waals surface area contributed by atoms with Crippen LogP contribution in [0.5, 0.6) is 11.5 Å². The van der Waals surface area contributed by atoms with E-state index in [0.717, 1.165) is 5.52 Å². The fourth-order valence-corrected chi connectivity index (χ4v) is 1.93. The number of benzene rings is 1. The normalized spacial score (nSPS) is 10.6. The predicted molar refractivity (Wildman–Crippen MR) is 71.1 cm³/mol. The zero-order valence-corrected chi connectivity index (χ0v) is 10.8. The summed E-state index contributed by atoms with van der Waals surface area (Å²) in [6.07, 6.45) is 0.198. The van der Waals surface area contributed by atoms with E-state index in [0.29, 0.717) is 29.5 Å². The standard InChI is InChI=1S/C12H16N4O3/c1-18-9-5-7-8(6-10(9)19-2)16(12(14)15-7)4-3-11(13)17/h5-6H,3-4H2,1-2H3,(H2,13,17)(H2,14,15). The largest absolute Gasteiger partial charge is 0.493 e. The molecule has 0 bridgehead atoms. The number of hydrogen-bond acceptors (Lipinski definition) is 5. The first-order valence-electron chi connectivity index (χ1n) is 5.73. The fourth-order valence-electron chi connectivity index (χ4n) is 1.93. The van der Waals surface area contributed by atoms with Gasteiger partial charge in [-0.3, -0.25) is 4.79 Å². The monoisotopic (exact) mass is 264 g/mol. The van der Waals surface area contributed by atoms with Gasteiger partial charge in [0.15, 0.2) is 11.5 Å². The van der Waals surface area contributed by atoms with E-state index in [4.69, 9.17) is 20.9 Å². The van der Waals surface area contributed by atoms with Crippen molar-refractivity contribution in [3.8, 4) is 11.5 Å². The van der Waals surface area contributed by atoms with Crippen molar-refractivity contribution in [2.24, 2.45) is 5.73 Å². The number of hydrogen-bond donors (Lipinski definition) is 2. The van der Waals surface area contributed by atoms with Crippen molar-refractivity contribution in [2.75, 3.05) is 20.0 Å². The maximum atomic E-state index is 10.9. The Labute approximate surface area is 110 Å². The number of anilines is 1. The summed E-state index contributed by atoms with van der Waals surface area (Å²) in [4.78, 5) is 15.1. The number of nitrogen functional groups attached to an aromatic ring is 1. The Hall–Kier alpha value is -2.44. The van der Waals surface area contributed by atoms with Crippen LogP contribution in [0.25, 0.3) is 11.0 Å². The molecule has 7 heteroatoms. The first-order chi connectivity index (χ1) is 9.06. The van der Waals surface area contributed by atoms with Crippen molar-refractivity contribution in [1.29, 1.82) is 0 Å². The number of rotatable bonds is 5. The lowest BCUT2D eigenvalue weighted by atomic mass is 10.2. The summed E-state index contributed by atoms with van der Waals surface area (Å²) in [7, 11) is 3.11. The third-order valence-corrected chi connectivity index (χ3v) is 2.86. The number of aromatic nitrogens is 2. The highest BCUT2D eigenvalue weighted by Gasteiger charge is 2.13. The van der Waals surface area contributed by atoms with Gasteiger partial charge in [-0.2, -0.15) is 0 Å². The second kappa shape index (κ2) is 5.05. The number of carbonyl (C=O) groups is 1. The molecule has 7 nitrogen and oxygen atoms in total. The third-order valence-electron chi connectivity index (χ3n) is 2.86. The van der Waals surface area contributed by atoms with Crippen LogP contribution in [-0.4, -0.2) is 29.7 Å². The molecule has 0 aliphatic heterocycles. The van der Waals surface area contributed by atoms with Gasteiger partial charge in [0, 0.05) is 25.1 Å². The van der Waals surface area contributed by atoms with Crippen molar-refractivity contribution < 1.29 is 14.3 Å². The maximum Gasteiger partial charge on any atom is 0.219 e. The molecule has 1 amide bonds. The van der Waals surface area contributed by atoms with E-state index >= 15 is 0 Å². The van der Waals surface area contributed by atoms with Gasteiger partial charge in [0.05, 0.1) is 25.3 Å². The van der Waals surface area contributed by atoms with Crippen LogP contribution in [0.15, 0.2) is 12.1 Å². The van der Waals surface area contributed by atoms with E-state index < -0.39 is 0 Å². The molecule has 19 heavy (non-hydrogen) atoms. The topological polar surface area (TPSA) is 105 Å². The van der Waals surface area contributed by atoms with Gasteiger partial charge in [0.2, 0.25) is 11.9 Å². The molecule has 0 saturated heterocycles. The molecule has 2 aromatic rings.